The number of nitrogens with zero attached hydrogens (tertiary/aromatic N) is 1. The summed E-state index contributed by atoms with van der Waals surface area (Å²) in [7, 11) is -1.47. The number of ether oxygens (including phenoxy) is 2. The maximum atomic E-state index is 13.1. The fourth-order valence-corrected chi connectivity index (χ4v) is 9.44. The van der Waals surface area contributed by atoms with Gasteiger partial charge in [0.15, 0.2) is 6.10 Å². The largest absolute Gasteiger partial charge is 0.462 e. The van der Waals surface area contributed by atoms with Crippen molar-refractivity contribution in [1.29, 1.82) is 0 Å². The van der Waals surface area contributed by atoms with Crippen LogP contribution in [-0.4, -0.2) is 48.0 Å². The van der Waals surface area contributed by atoms with Crippen molar-refractivity contribution in [2.45, 2.75) is 259 Å². The SMILES string of the molecule is CCCCCCCCCCCCCCCC(=O)OC[C@H](COP(OCc1ccccc1)N(C(C)C)C(C)C)OC(=O)CCCCCCCC[C@H](C)CCCCCCCC. The molecule has 0 aromatic heterocycles. The van der Waals surface area contributed by atoms with Crippen molar-refractivity contribution in [2.75, 3.05) is 13.2 Å². The molecular formula is C51H94NO6P. The molecule has 7 nitrogen and oxygen atoms in total. The first-order valence-corrected chi connectivity index (χ1v) is 26.0. The van der Waals surface area contributed by atoms with Crippen LogP contribution in [0.25, 0.3) is 0 Å². The molecule has 0 spiro atoms. The van der Waals surface area contributed by atoms with Crippen molar-refractivity contribution >= 4 is 20.5 Å². The average molecular weight is 848 g/mol. The number of carbonyl (C=O) groups is 2. The first-order valence-electron chi connectivity index (χ1n) is 24.9. The molecule has 0 saturated carbocycles. The highest BCUT2D eigenvalue weighted by Gasteiger charge is 2.29. The van der Waals surface area contributed by atoms with Crippen LogP contribution in [0.15, 0.2) is 30.3 Å². The van der Waals surface area contributed by atoms with Crippen molar-refractivity contribution < 1.29 is 28.1 Å². The highest BCUT2D eigenvalue weighted by atomic mass is 31.2. The third kappa shape index (κ3) is 32.8. The number of hydrogen-bond donors (Lipinski definition) is 0. The third-order valence-corrected chi connectivity index (χ3v) is 13.4. The van der Waals surface area contributed by atoms with Gasteiger partial charge in [-0.2, -0.15) is 0 Å². The molecule has 0 amide bonds. The average Bonchev–Trinajstić information content (AvgIpc) is 3.21. The van der Waals surface area contributed by atoms with Gasteiger partial charge in [-0.25, -0.2) is 4.67 Å². The first-order chi connectivity index (χ1) is 28.7. The molecule has 0 N–H and O–H groups in total. The second-order valence-electron chi connectivity index (χ2n) is 18.0. The van der Waals surface area contributed by atoms with Gasteiger partial charge in [-0.1, -0.05) is 212 Å². The quantitative estimate of drug-likeness (QED) is 0.0368. The summed E-state index contributed by atoms with van der Waals surface area (Å²) in [4.78, 5) is 26.0. The van der Waals surface area contributed by atoms with Crippen LogP contribution in [0.4, 0.5) is 0 Å². The van der Waals surface area contributed by atoms with E-state index in [9.17, 15) is 9.59 Å². The van der Waals surface area contributed by atoms with Crippen LogP contribution in [0.3, 0.4) is 0 Å². The van der Waals surface area contributed by atoms with E-state index in [4.69, 9.17) is 18.5 Å². The van der Waals surface area contributed by atoms with Crippen LogP contribution in [-0.2, 0) is 34.7 Å². The number of unbranched alkanes of at least 4 members (excludes halogenated alkanes) is 22. The van der Waals surface area contributed by atoms with Crippen molar-refractivity contribution in [3.63, 3.8) is 0 Å². The highest BCUT2D eigenvalue weighted by Crippen LogP contribution is 2.46. The molecule has 0 bridgehead atoms. The minimum Gasteiger partial charge on any atom is -0.462 e. The Labute approximate surface area is 366 Å². The molecule has 1 rings (SSSR count). The molecule has 0 radical (unpaired) electrons. The summed E-state index contributed by atoms with van der Waals surface area (Å²) < 4.78 is 26.8. The van der Waals surface area contributed by atoms with Gasteiger partial charge in [0.05, 0.1) is 13.2 Å². The van der Waals surface area contributed by atoms with E-state index in [0.717, 1.165) is 50.0 Å². The van der Waals surface area contributed by atoms with E-state index >= 15 is 0 Å². The summed E-state index contributed by atoms with van der Waals surface area (Å²) >= 11 is 0. The Morgan fingerprint density at radius 3 is 1.41 bits per heavy atom. The van der Waals surface area contributed by atoms with Gasteiger partial charge < -0.3 is 18.5 Å². The molecule has 1 aromatic rings. The fourth-order valence-electron chi connectivity index (χ4n) is 7.79. The Kier molecular flexibility index (Phi) is 37.0. The summed E-state index contributed by atoms with van der Waals surface area (Å²) in [6, 6.07) is 10.5. The maximum absolute atomic E-state index is 13.1. The number of carbonyl (C=O) groups excluding carboxylic acids is 2. The van der Waals surface area contributed by atoms with Gasteiger partial charge in [-0.3, -0.25) is 9.59 Å². The molecule has 1 unspecified atom stereocenters. The van der Waals surface area contributed by atoms with Crippen molar-refractivity contribution in [2.24, 2.45) is 5.92 Å². The standard InChI is InChI=1S/C51H94NO6P/c1-8-10-12-14-16-17-18-19-20-21-22-27-34-40-50(53)55-43-49(44-57-59(52(45(3)4)46(5)6)56-42-48-38-32-29-33-39-48)58-51(54)41-35-28-24-23-26-31-37-47(7)36-30-25-15-13-11-9-2/h29,32-33,38-39,45-47,49H,8-28,30-31,34-37,40-44H2,1-7H3/t47-,49-,59?/m1/s1. The molecule has 8 heteroatoms. The Bertz CT molecular complexity index is 1080. The second kappa shape index (κ2) is 39.3. The number of benzene rings is 1. The molecule has 3 atom stereocenters. The zero-order valence-electron chi connectivity index (χ0n) is 39.7. The maximum Gasteiger partial charge on any atom is 0.306 e. The van der Waals surface area contributed by atoms with Gasteiger partial charge in [0, 0.05) is 24.9 Å². The third-order valence-electron chi connectivity index (χ3n) is 11.4. The molecule has 0 fully saturated rings. The monoisotopic (exact) mass is 848 g/mol. The Morgan fingerprint density at radius 1 is 0.525 bits per heavy atom. The van der Waals surface area contributed by atoms with Crippen LogP contribution in [0.2, 0.25) is 0 Å². The molecule has 344 valence electrons. The number of esters is 2. The van der Waals surface area contributed by atoms with E-state index < -0.39 is 14.6 Å². The zero-order valence-corrected chi connectivity index (χ0v) is 40.6. The van der Waals surface area contributed by atoms with E-state index in [-0.39, 0.29) is 37.2 Å². The van der Waals surface area contributed by atoms with E-state index in [1.54, 1.807) is 0 Å². The van der Waals surface area contributed by atoms with Crippen molar-refractivity contribution in [3.05, 3.63) is 35.9 Å². The van der Waals surface area contributed by atoms with Gasteiger partial charge in [0.2, 0.25) is 0 Å². The normalized spacial score (nSPS) is 13.3. The molecule has 0 aliphatic carbocycles. The molecule has 59 heavy (non-hydrogen) atoms. The summed E-state index contributed by atoms with van der Waals surface area (Å²) in [5, 5.41) is 0. The van der Waals surface area contributed by atoms with Crippen LogP contribution in [0, 0.1) is 5.92 Å². The minimum absolute atomic E-state index is 0.00842. The van der Waals surface area contributed by atoms with Gasteiger partial charge in [0.25, 0.3) is 8.53 Å². The Hall–Kier alpha value is -1.53. The summed E-state index contributed by atoms with van der Waals surface area (Å²) in [5.41, 5.74) is 1.07. The summed E-state index contributed by atoms with van der Waals surface area (Å²) in [6.07, 6.45) is 34.2. The minimum atomic E-state index is -1.47. The summed E-state index contributed by atoms with van der Waals surface area (Å²) in [5.74, 6) is 0.338. The van der Waals surface area contributed by atoms with Gasteiger partial charge in [-0.15, -0.1) is 0 Å². The van der Waals surface area contributed by atoms with E-state index in [1.807, 2.05) is 30.3 Å². The number of rotatable bonds is 42. The molecule has 0 heterocycles. The van der Waals surface area contributed by atoms with Crippen LogP contribution in [0.5, 0.6) is 0 Å². The number of hydrogen-bond acceptors (Lipinski definition) is 7. The second-order valence-corrected chi connectivity index (χ2v) is 19.4. The fraction of sp³-hybridized carbons (Fsp3) is 0.843. The topological polar surface area (TPSA) is 74.3 Å². The smallest absolute Gasteiger partial charge is 0.306 e. The lowest BCUT2D eigenvalue weighted by Crippen LogP contribution is -2.35. The van der Waals surface area contributed by atoms with Gasteiger partial charge in [0.1, 0.15) is 6.61 Å². The van der Waals surface area contributed by atoms with Crippen LogP contribution < -0.4 is 0 Å². The Morgan fingerprint density at radius 2 is 0.949 bits per heavy atom. The molecule has 0 saturated heterocycles. The lowest BCUT2D eigenvalue weighted by Gasteiger charge is -2.36. The summed E-state index contributed by atoms with van der Waals surface area (Å²) in [6.45, 7) is 16.0. The van der Waals surface area contributed by atoms with E-state index in [2.05, 4.69) is 53.1 Å². The highest BCUT2D eigenvalue weighted by molar-refractivity contribution is 7.44. The Balaban J connectivity index is 2.55. The molecule has 0 aliphatic rings. The predicted molar refractivity (Wildman–Crippen MR) is 251 cm³/mol. The van der Waals surface area contributed by atoms with E-state index in [1.165, 1.54) is 135 Å². The van der Waals surface area contributed by atoms with Crippen LogP contribution in [0.1, 0.15) is 240 Å². The van der Waals surface area contributed by atoms with Crippen molar-refractivity contribution in [1.82, 2.24) is 4.67 Å². The molecule has 1 aromatic carbocycles. The van der Waals surface area contributed by atoms with Crippen molar-refractivity contribution in [3.8, 4) is 0 Å². The predicted octanol–water partition coefficient (Wildman–Crippen LogP) is 16.0. The lowest BCUT2D eigenvalue weighted by atomic mass is 9.96. The molecule has 0 aliphatic heterocycles. The van der Waals surface area contributed by atoms with Gasteiger partial charge in [-0.05, 0) is 52.0 Å². The first kappa shape index (κ1) is 55.5. The lowest BCUT2D eigenvalue weighted by molar-refractivity contribution is -0.161. The zero-order chi connectivity index (χ0) is 43.2. The molecular weight excluding hydrogens is 754 g/mol. The van der Waals surface area contributed by atoms with Crippen LogP contribution >= 0.6 is 8.53 Å². The van der Waals surface area contributed by atoms with Gasteiger partial charge >= 0.3 is 11.9 Å². The van der Waals surface area contributed by atoms with E-state index in [0.29, 0.717) is 19.4 Å².